The zero-order valence-electron chi connectivity index (χ0n) is 17.9. The van der Waals surface area contributed by atoms with Crippen LogP contribution in [0, 0.1) is 18.3 Å². The third kappa shape index (κ3) is 4.66. The molecule has 1 amide bonds. The predicted molar refractivity (Wildman–Crippen MR) is 125 cm³/mol. The first kappa shape index (κ1) is 21.9. The lowest BCUT2D eigenvalue weighted by molar-refractivity contribution is 0.102. The second kappa shape index (κ2) is 9.47. The van der Waals surface area contributed by atoms with Crippen LogP contribution in [0.5, 0.6) is 17.4 Å². The molecule has 2 aromatic carbocycles. The van der Waals surface area contributed by atoms with Gasteiger partial charge < -0.3 is 19.4 Å². The van der Waals surface area contributed by atoms with Crippen LogP contribution in [0.4, 0.5) is 5.69 Å². The number of anilines is 1. The lowest BCUT2D eigenvalue weighted by Gasteiger charge is -2.15. The van der Waals surface area contributed by atoms with Gasteiger partial charge in [-0.1, -0.05) is 11.6 Å². The Morgan fingerprint density at radius 3 is 2.64 bits per heavy atom. The maximum atomic E-state index is 13.0. The molecule has 0 aliphatic carbocycles. The number of amides is 1. The Morgan fingerprint density at radius 1 is 1.15 bits per heavy atom. The standard InChI is InChI=1S/C25H19ClN4O3/c1-16-12-18(33-25-17(15-27)6-5-9-28-25)7-8-21(16)29-24(31)19-13-20(26)22(14-23(19)32-2)30-10-3-4-11-30/h3-14H,1-2H3,(H,29,31). The van der Waals surface area contributed by atoms with Gasteiger partial charge in [-0.05, 0) is 61.0 Å². The van der Waals surface area contributed by atoms with Crippen LogP contribution in [0.3, 0.4) is 0 Å². The number of benzene rings is 2. The first-order chi connectivity index (χ1) is 16.0. The number of aryl methyl sites for hydroxylation is 1. The monoisotopic (exact) mass is 458 g/mol. The van der Waals surface area contributed by atoms with Crippen LogP contribution in [0.15, 0.2) is 73.2 Å². The minimum Gasteiger partial charge on any atom is -0.496 e. The second-order valence-electron chi connectivity index (χ2n) is 7.10. The maximum absolute atomic E-state index is 13.0. The summed E-state index contributed by atoms with van der Waals surface area (Å²) in [6.45, 7) is 1.84. The first-order valence-electron chi connectivity index (χ1n) is 9.96. The number of hydrogen-bond donors (Lipinski definition) is 1. The van der Waals surface area contributed by atoms with Crippen molar-refractivity contribution in [1.82, 2.24) is 9.55 Å². The fraction of sp³-hybridized carbons (Fsp3) is 0.0800. The summed E-state index contributed by atoms with van der Waals surface area (Å²) in [5.41, 5.74) is 2.72. The van der Waals surface area contributed by atoms with E-state index in [9.17, 15) is 10.1 Å². The smallest absolute Gasteiger partial charge is 0.259 e. The molecule has 0 fully saturated rings. The van der Waals surface area contributed by atoms with Crippen molar-refractivity contribution in [3.8, 4) is 29.1 Å². The van der Waals surface area contributed by atoms with E-state index in [1.54, 1.807) is 48.7 Å². The highest BCUT2D eigenvalue weighted by molar-refractivity contribution is 6.33. The van der Waals surface area contributed by atoms with E-state index in [0.717, 1.165) is 5.56 Å². The van der Waals surface area contributed by atoms with Gasteiger partial charge in [0.1, 0.15) is 23.1 Å². The number of carbonyl (C=O) groups excluding carboxylic acids is 1. The van der Waals surface area contributed by atoms with Gasteiger partial charge in [-0.2, -0.15) is 5.26 Å². The lowest BCUT2D eigenvalue weighted by Crippen LogP contribution is -2.14. The number of pyridine rings is 1. The minimum absolute atomic E-state index is 0.221. The predicted octanol–water partition coefficient (Wildman–Crippen LogP) is 5.76. The highest BCUT2D eigenvalue weighted by atomic mass is 35.5. The summed E-state index contributed by atoms with van der Waals surface area (Å²) in [4.78, 5) is 17.1. The summed E-state index contributed by atoms with van der Waals surface area (Å²) in [6.07, 6.45) is 5.27. The van der Waals surface area contributed by atoms with Crippen molar-refractivity contribution < 1.29 is 14.3 Å². The van der Waals surface area contributed by atoms with Crippen molar-refractivity contribution in [2.24, 2.45) is 0 Å². The van der Waals surface area contributed by atoms with Crippen LogP contribution < -0.4 is 14.8 Å². The van der Waals surface area contributed by atoms with Crippen LogP contribution in [-0.2, 0) is 0 Å². The average molecular weight is 459 g/mol. The quantitative estimate of drug-likeness (QED) is 0.397. The number of nitrogens with zero attached hydrogens (tertiary/aromatic N) is 3. The van der Waals surface area contributed by atoms with Gasteiger partial charge in [-0.3, -0.25) is 4.79 Å². The zero-order chi connectivity index (χ0) is 23.4. The summed E-state index contributed by atoms with van der Waals surface area (Å²) in [5.74, 6) is 0.759. The van der Waals surface area contributed by atoms with Crippen LogP contribution in [0.2, 0.25) is 5.02 Å². The van der Waals surface area contributed by atoms with E-state index >= 15 is 0 Å². The van der Waals surface area contributed by atoms with E-state index in [-0.39, 0.29) is 11.8 Å². The molecule has 33 heavy (non-hydrogen) atoms. The van der Waals surface area contributed by atoms with Crippen molar-refractivity contribution in [3.63, 3.8) is 0 Å². The van der Waals surface area contributed by atoms with E-state index in [1.807, 2.05) is 42.1 Å². The highest BCUT2D eigenvalue weighted by Gasteiger charge is 2.18. The number of rotatable bonds is 6. The van der Waals surface area contributed by atoms with E-state index in [2.05, 4.69) is 10.3 Å². The lowest BCUT2D eigenvalue weighted by atomic mass is 10.1. The van der Waals surface area contributed by atoms with Gasteiger partial charge in [0.2, 0.25) is 5.88 Å². The normalized spacial score (nSPS) is 10.4. The van der Waals surface area contributed by atoms with E-state index < -0.39 is 0 Å². The number of hydrogen-bond acceptors (Lipinski definition) is 5. The summed E-state index contributed by atoms with van der Waals surface area (Å²) >= 11 is 6.45. The fourth-order valence-corrected chi connectivity index (χ4v) is 3.54. The SMILES string of the molecule is COc1cc(-n2cccc2)c(Cl)cc1C(=O)Nc1ccc(Oc2ncccc2C#N)cc1C. The molecule has 4 rings (SSSR count). The van der Waals surface area contributed by atoms with Crippen molar-refractivity contribution in [2.45, 2.75) is 6.92 Å². The molecule has 1 N–H and O–H groups in total. The van der Waals surface area contributed by atoms with Gasteiger partial charge in [-0.25, -0.2) is 4.98 Å². The van der Waals surface area contributed by atoms with E-state index in [0.29, 0.717) is 39.0 Å². The van der Waals surface area contributed by atoms with Crippen molar-refractivity contribution >= 4 is 23.2 Å². The van der Waals surface area contributed by atoms with Crippen LogP contribution >= 0.6 is 11.6 Å². The molecule has 0 radical (unpaired) electrons. The van der Waals surface area contributed by atoms with E-state index in [4.69, 9.17) is 21.1 Å². The van der Waals surface area contributed by atoms with Gasteiger partial charge in [-0.15, -0.1) is 0 Å². The Bertz CT molecular complexity index is 1360. The molecule has 4 aromatic rings. The molecule has 0 saturated heterocycles. The second-order valence-corrected chi connectivity index (χ2v) is 7.50. The molecule has 0 spiro atoms. The summed E-state index contributed by atoms with van der Waals surface area (Å²) < 4.78 is 13.0. The molecule has 0 aliphatic rings. The summed E-state index contributed by atoms with van der Waals surface area (Å²) in [5, 5.41) is 12.5. The van der Waals surface area contributed by atoms with Gasteiger partial charge in [0.25, 0.3) is 5.91 Å². The number of nitriles is 1. The number of aromatic nitrogens is 2. The Morgan fingerprint density at radius 2 is 1.94 bits per heavy atom. The minimum atomic E-state index is -0.360. The first-order valence-corrected chi connectivity index (χ1v) is 10.3. The molecule has 0 bridgehead atoms. The molecule has 0 aliphatic heterocycles. The zero-order valence-corrected chi connectivity index (χ0v) is 18.6. The Hall–Kier alpha value is -4.28. The Balaban J connectivity index is 1.56. The van der Waals surface area contributed by atoms with Crippen LogP contribution in [0.25, 0.3) is 5.69 Å². The Labute approximate surface area is 195 Å². The third-order valence-corrected chi connectivity index (χ3v) is 5.25. The number of ether oxygens (including phenoxy) is 2. The topological polar surface area (TPSA) is 89.2 Å². The van der Waals surface area contributed by atoms with Crippen molar-refractivity contribution in [1.29, 1.82) is 5.26 Å². The molecule has 2 aromatic heterocycles. The van der Waals surface area contributed by atoms with Gasteiger partial charge in [0, 0.05) is 30.3 Å². The molecule has 0 saturated carbocycles. The van der Waals surface area contributed by atoms with Crippen molar-refractivity contribution in [3.05, 3.63) is 94.9 Å². The maximum Gasteiger partial charge on any atom is 0.259 e. The van der Waals surface area contributed by atoms with E-state index in [1.165, 1.54) is 7.11 Å². The summed E-state index contributed by atoms with van der Waals surface area (Å²) in [6, 6.07) is 17.6. The molecule has 8 heteroatoms. The molecule has 0 atom stereocenters. The third-order valence-electron chi connectivity index (χ3n) is 4.95. The van der Waals surface area contributed by atoms with Gasteiger partial charge >= 0.3 is 0 Å². The van der Waals surface area contributed by atoms with Crippen LogP contribution in [0.1, 0.15) is 21.5 Å². The van der Waals surface area contributed by atoms with Gasteiger partial charge in [0.15, 0.2) is 0 Å². The van der Waals surface area contributed by atoms with Crippen LogP contribution in [-0.4, -0.2) is 22.6 Å². The number of methoxy groups -OCH3 is 1. The van der Waals surface area contributed by atoms with Crippen molar-refractivity contribution in [2.75, 3.05) is 12.4 Å². The molecule has 0 unspecified atom stereocenters. The largest absolute Gasteiger partial charge is 0.496 e. The fourth-order valence-electron chi connectivity index (χ4n) is 3.28. The molecule has 7 nitrogen and oxygen atoms in total. The average Bonchev–Trinajstić information content (AvgIpc) is 3.35. The number of carbonyl (C=O) groups is 1. The molecular weight excluding hydrogens is 440 g/mol. The number of nitrogens with one attached hydrogen (secondary N) is 1. The molecule has 2 heterocycles. The number of halogens is 1. The van der Waals surface area contributed by atoms with Gasteiger partial charge in [0.05, 0.1) is 23.4 Å². The molecule has 164 valence electrons. The molecular formula is C25H19ClN4O3. The highest BCUT2D eigenvalue weighted by Crippen LogP contribution is 2.32. The summed E-state index contributed by atoms with van der Waals surface area (Å²) in [7, 11) is 1.50. The Kier molecular flexibility index (Phi) is 6.29.